The minimum atomic E-state index is -0.0481. The molecule has 2 saturated carbocycles. The number of aliphatic hydroxyl groups is 1. The van der Waals surface area contributed by atoms with Crippen LogP contribution in [0, 0.1) is 16.7 Å². The molecule has 0 aliphatic heterocycles. The van der Waals surface area contributed by atoms with Gasteiger partial charge in [0.1, 0.15) is 0 Å². The van der Waals surface area contributed by atoms with Crippen LogP contribution in [0.5, 0.6) is 0 Å². The summed E-state index contributed by atoms with van der Waals surface area (Å²) in [6.45, 7) is 6.80. The summed E-state index contributed by atoms with van der Waals surface area (Å²) >= 11 is 0. The average Bonchev–Trinajstić information content (AvgIpc) is 2.26. The van der Waals surface area contributed by atoms with Crippen LogP contribution in [0.3, 0.4) is 0 Å². The van der Waals surface area contributed by atoms with E-state index >= 15 is 0 Å². The minimum absolute atomic E-state index is 0.0481. The van der Waals surface area contributed by atoms with Crippen molar-refractivity contribution in [3.63, 3.8) is 0 Å². The Morgan fingerprint density at radius 3 is 2.40 bits per heavy atom. The van der Waals surface area contributed by atoms with Crippen molar-refractivity contribution in [3.05, 3.63) is 0 Å². The summed E-state index contributed by atoms with van der Waals surface area (Å²) in [7, 11) is 1.47. The Kier molecular flexibility index (Phi) is 4.45. The fraction of sp³-hybridized carbons (Fsp3) is 0.938. The molecule has 1 spiro atoms. The Labute approximate surface area is 122 Å². The van der Waals surface area contributed by atoms with Gasteiger partial charge in [-0.15, -0.1) is 0 Å². The summed E-state index contributed by atoms with van der Waals surface area (Å²) in [4.78, 5) is 11.4. The van der Waals surface area contributed by atoms with Crippen LogP contribution >= 0.6 is 0 Å². The van der Waals surface area contributed by atoms with Gasteiger partial charge in [-0.3, -0.25) is 4.79 Å². The molecule has 4 nitrogen and oxygen atoms in total. The third-order valence-electron chi connectivity index (χ3n) is 4.80. The van der Waals surface area contributed by atoms with E-state index < -0.39 is 0 Å². The highest BCUT2D eigenvalue weighted by atomic mass is 16.5. The summed E-state index contributed by atoms with van der Waals surface area (Å²) < 4.78 is 4.79. The van der Waals surface area contributed by atoms with Crippen LogP contribution < -0.4 is 5.32 Å². The lowest BCUT2D eigenvalue weighted by Gasteiger charge is -2.57. The molecule has 2 fully saturated rings. The molecule has 116 valence electrons. The van der Waals surface area contributed by atoms with Gasteiger partial charge in [0.15, 0.2) is 0 Å². The molecule has 0 bridgehead atoms. The Hall–Kier alpha value is -0.610. The highest BCUT2D eigenvalue weighted by Crippen LogP contribution is 2.59. The fourth-order valence-electron chi connectivity index (χ4n) is 4.00. The van der Waals surface area contributed by atoms with Gasteiger partial charge in [0.25, 0.3) is 0 Å². The summed E-state index contributed by atoms with van der Waals surface area (Å²) in [5, 5.41) is 13.1. The number of carbonyl (C=O) groups is 1. The lowest BCUT2D eigenvalue weighted by Crippen LogP contribution is -2.58. The Bertz CT molecular complexity index is 347. The van der Waals surface area contributed by atoms with E-state index in [1.165, 1.54) is 7.11 Å². The first-order valence-corrected chi connectivity index (χ1v) is 7.72. The van der Waals surface area contributed by atoms with Crippen LogP contribution in [0.1, 0.15) is 52.9 Å². The summed E-state index contributed by atoms with van der Waals surface area (Å²) in [5.41, 5.74) is 0.618. The van der Waals surface area contributed by atoms with Gasteiger partial charge in [-0.1, -0.05) is 20.8 Å². The average molecular weight is 283 g/mol. The molecular formula is C16H29NO3. The van der Waals surface area contributed by atoms with Crippen LogP contribution in [0.4, 0.5) is 0 Å². The van der Waals surface area contributed by atoms with Gasteiger partial charge in [-0.2, -0.15) is 0 Å². The number of hydrogen-bond donors (Lipinski definition) is 2. The van der Waals surface area contributed by atoms with E-state index in [1.807, 2.05) is 0 Å². The molecule has 1 unspecified atom stereocenters. The SMILES string of the molecule is COC(=O)C1CC2(CC(NC(CO)CC(C)(C)C)C2)C1. The number of nitrogens with one attached hydrogen (secondary N) is 1. The first-order chi connectivity index (χ1) is 9.27. The number of aliphatic hydroxyl groups excluding tert-OH is 1. The second-order valence-corrected chi connectivity index (χ2v) is 8.04. The van der Waals surface area contributed by atoms with Crippen LogP contribution in [-0.2, 0) is 9.53 Å². The zero-order valence-electron chi connectivity index (χ0n) is 13.2. The highest BCUT2D eigenvalue weighted by molar-refractivity contribution is 5.73. The molecule has 4 heteroatoms. The standard InChI is InChI=1S/C16H29NO3/c1-15(2,3)7-13(10-18)17-12-8-16(9-12)5-11(6-16)14(19)20-4/h11-13,17-18H,5-10H2,1-4H3. The zero-order valence-corrected chi connectivity index (χ0v) is 13.2. The normalized spacial score (nSPS) is 34.2. The van der Waals surface area contributed by atoms with E-state index in [-0.39, 0.29) is 30.0 Å². The molecule has 20 heavy (non-hydrogen) atoms. The van der Waals surface area contributed by atoms with E-state index in [4.69, 9.17) is 4.74 Å². The molecule has 1 atom stereocenters. The topological polar surface area (TPSA) is 58.6 Å². The van der Waals surface area contributed by atoms with Crippen LogP contribution in [0.15, 0.2) is 0 Å². The molecule has 2 N–H and O–H groups in total. The van der Waals surface area contributed by atoms with Gasteiger partial charge < -0.3 is 15.2 Å². The van der Waals surface area contributed by atoms with Crippen LogP contribution in [0.25, 0.3) is 0 Å². The van der Waals surface area contributed by atoms with Crippen LogP contribution in [0.2, 0.25) is 0 Å². The fourth-order valence-corrected chi connectivity index (χ4v) is 4.00. The summed E-state index contributed by atoms with van der Waals surface area (Å²) in [6.07, 6.45) is 5.24. The number of carbonyl (C=O) groups excluding carboxylic acids is 1. The lowest BCUT2D eigenvalue weighted by molar-refractivity contribution is -0.159. The minimum Gasteiger partial charge on any atom is -0.469 e. The molecule has 2 rings (SSSR count). The number of methoxy groups -OCH3 is 1. The van der Waals surface area contributed by atoms with Gasteiger partial charge >= 0.3 is 5.97 Å². The molecular weight excluding hydrogens is 254 g/mol. The molecule has 0 heterocycles. The number of ether oxygens (including phenoxy) is 1. The first-order valence-electron chi connectivity index (χ1n) is 7.72. The van der Waals surface area contributed by atoms with Crippen molar-refractivity contribution in [1.29, 1.82) is 0 Å². The third-order valence-corrected chi connectivity index (χ3v) is 4.80. The van der Waals surface area contributed by atoms with E-state index in [2.05, 4.69) is 26.1 Å². The summed E-state index contributed by atoms with van der Waals surface area (Å²) in [5.74, 6) is 0.0807. The predicted octanol–water partition coefficient (Wildman–Crippen LogP) is 2.10. The molecule has 0 aromatic carbocycles. The smallest absolute Gasteiger partial charge is 0.308 e. The Morgan fingerprint density at radius 2 is 1.95 bits per heavy atom. The largest absolute Gasteiger partial charge is 0.469 e. The van der Waals surface area contributed by atoms with Crippen molar-refractivity contribution < 1.29 is 14.6 Å². The van der Waals surface area contributed by atoms with E-state index in [1.54, 1.807) is 0 Å². The molecule has 2 aliphatic rings. The molecule has 0 radical (unpaired) electrons. The van der Waals surface area contributed by atoms with E-state index in [0.717, 1.165) is 32.1 Å². The van der Waals surface area contributed by atoms with Crippen molar-refractivity contribution in [1.82, 2.24) is 5.32 Å². The van der Waals surface area contributed by atoms with Gasteiger partial charge in [-0.25, -0.2) is 0 Å². The predicted molar refractivity (Wildman–Crippen MR) is 78.3 cm³/mol. The van der Waals surface area contributed by atoms with Crippen molar-refractivity contribution in [2.75, 3.05) is 13.7 Å². The third kappa shape index (κ3) is 3.53. The maximum Gasteiger partial charge on any atom is 0.308 e. The first kappa shape index (κ1) is 15.8. The summed E-state index contributed by atoms with van der Waals surface area (Å²) in [6, 6.07) is 0.696. The van der Waals surface area contributed by atoms with Crippen molar-refractivity contribution in [2.24, 2.45) is 16.7 Å². The Balaban J connectivity index is 1.71. The maximum atomic E-state index is 11.4. The van der Waals surface area contributed by atoms with E-state index in [0.29, 0.717) is 11.5 Å². The van der Waals surface area contributed by atoms with E-state index in [9.17, 15) is 9.90 Å². The molecule has 0 saturated heterocycles. The van der Waals surface area contributed by atoms with Crippen molar-refractivity contribution in [2.45, 2.75) is 65.0 Å². The number of esters is 1. The van der Waals surface area contributed by atoms with Crippen molar-refractivity contribution >= 4 is 5.97 Å². The lowest BCUT2D eigenvalue weighted by atomic mass is 9.50. The molecule has 2 aliphatic carbocycles. The van der Waals surface area contributed by atoms with Gasteiger partial charge in [0, 0.05) is 12.1 Å². The Morgan fingerprint density at radius 1 is 1.35 bits per heavy atom. The number of rotatable bonds is 5. The second-order valence-electron chi connectivity index (χ2n) is 8.04. The molecule has 0 aromatic heterocycles. The monoisotopic (exact) mass is 283 g/mol. The van der Waals surface area contributed by atoms with Gasteiger partial charge in [-0.05, 0) is 42.9 Å². The molecule has 0 amide bonds. The van der Waals surface area contributed by atoms with Crippen LogP contribution in [-0.4, -0.2) is 36.9 Å². The zero-order chi connectivity index (χ0) is 15.0. The highest BCUT2D eigenvalue weighted by Gasteiger charge is 2.55. The van der Waals surface area contributed by atoms with Gasteiger partial charge in [0.2, 0.25) is 0 Å². The maximum absolute atomic E-state index is 11.4. The molecule has 0 aromatic rings. The quantitative estimate of drug-likeness (QED) is 0.759. The second kappa shape index (κ2) is 5.64. The van der Waals surface area contributed by atoms with Crippen molar-refractivity contribution in [3.8, 4) is 0 Å². The number of hydrogen-bond acceptors (Lipinski definition) is 4. The van der Waals surface area contributed by atoms with Gasteiger partial charge in [0.05, 0.1) is 19.6 Å².